The van der Waals surface area contributed by atoms with Crippen LogP contribution in [0.4, 0.5) is 8.78 Å². The molecule has 0 aliphatic carbocycles. The second-order valence-corrected chi connectivity index (χ2v) is 16.7. The third-order valence-corrected chi connectivity index (χ3v) is 12.1. The van der Waals surface area contributed by atoms with Gasteiger partial charge in [0.05, 0.1) is 37.7 Å². The first kappa shape index (κ1) is 38.0. The monoisotopic (exact) mass is 704 g/mol. The molecule has 2 aromatic carbocycles. The Hall–Kier alpha value is -5.40. The van der Waals surface area contributed by atoms with Crippen LogP contribution < -0.4 is 22.5 Å². The van der Waals surface area contributed by atoms with Crippen molar-refractivity contribution in [3.63, 3.8) is 0 Å². The van der Waals surface area contributed by atoms with Crippen LogP contribution in [0.15, 0.2) is 67.7 Å². The third-order valence-electron chi connectivity index (χ3n) is 7.54. The number of aromatic nitrogens is 6. The Morgan fingerprint density at radius 3 is 1.43 bits per heavy atom. The first-order valence-electron chi connectivity index (χ1n) is 14.5. The number of aliphatic hydroxyl groups is 1. The molecule has 3 N–H and O–H groups in total. The van der Waals surface area contributed by atoms with Gasteiger partial charge in [0.25, 0.3) is 11.1 Å². The molecule has 262 valence electrons. The zero-order valence-electron chi connectivity index (χ0n) is 27.1. The van der Waals surface area contributed by atoms with Crippen LogP contribution in [0.5, 0.6) is 0 Å². The lowest BCUT2D eigenvalue weighted by Gasteiger charge is -2.36. The molecule has 0 saturated carbocycles. The molecule has 0 bridgehead atoms. The molecule has 0 atom stereocenters. The molecule has 49 heavy (non-hydrogen) atoms. The maximum absolute atomic E-state index is 13.2. The molecule has 0 aliphatic heterocycles. The molecule has 19 heteroatoms. The van der Waals surface area contributed by atoms with Gasteiger partial charge in [0, 0.05) is 0 Å². The number of hydrogen-bond acceptors (Lipinski definition) is 10. The van der Waals surface area contributed by atoms with Crippen LogP contribution in [0.2, 0.25) is 18.1 Å². The molecular weight excluding hydrogens is 670 g/mol. The number of rotatable bonds is 10. The fourth-order valence-corrected chi connectivity index (χ4v) is 4.96. The first-order valence-corrected chi connectivity index (χ1v) is 17.4. The Kier molecular flexibility index (Phi) is 11.8. The standard InChI is InChI=1S/C18H24FN3O5Si.C12H10FN3O5/c1-18(2,3)28(4,5)27-11-10-21-17(26)22(13-8-6-12(19)7-9-13)15(23)14(20-21)16(24)25;13-7-1-3-8(4-2-7)16-10(18)9(11(19)20)14-15(5-6-17)12(16)21/h6-9H,10-11H2,1-5H3,(H,24,25);1-4,17H,5-6H2,(H,19,20). The van der Waals surface area contributed by atoms with Crippen molar-refractivity contribution in [2.24, 2.45) is 0 Å². The maximum Gasteiger partial charge on any atom is 0.362 e. The van der Waals surface area contributed by atoms with E-state index in [1.54, 1.807) is 0 Å². The van der Waals surface area contributed by atoms with Gasteiger partial charge in [-0.1, -0.05) is 20.8 Å². The van der Waals surface area contributed by atoms with Gasteiger partial charge in [0.15, 0.2) is 8.32 Å². The second-order valence-electron chi connectivity index (χ2n) is 11.9. The van der Waals surface area contributed by atoms with E-state index in [2.05, 4.69) is 31.0 Å². The van der Waals surface area contributed by atoms with E-state index in [-0.39, 0.29) is 36.1 Å². The van der Waals surface area contributed by atoms with Gasteiger partial charge in [-0.2, -0.15) is 10.2 Å². The molecule has 16 nitrogen and oxygen atoms in total. The van der Waals surface area contributed by atoms with Crippen molar-refractivity contribution in [3.8, 4) is 11.4 Å². The van der Waals surface area contributed by atoms with E-state index in [1.807, 2.05) is 13.1 Å². The van der Waals surface area contributed by atoms with E-state index in [4.69, 9.17) is 14.6 Å². The Balaban J connectivity index is 0.000000276. The van der Waals surface area contributed by atoms with Crippen molar-refractivity contribution in [2.45, 2.75) is 52.0 Å². The number of hydrogen-bond donors (Lipinski definition) is 3. The summed E-state index contributed by atoms with van der Waals surface area (Å²) in [5, 5.41) is 34.1. The maximum atomic E-state index is 13.2. The first-order chi connectivity index (χ1) is 22.8. The quantitative estimate of drug-likeness (QED) is 0.200. The Bertz CT molecular complexity index is 2080. The van der Waals surface area contributed by atoms with Crippen LogP contribution in [0.1, 0.15) is 41.7 Å². The lowest BCUT2D eigenvalue weighted by Crippen LogP contribution is -2.45. The Morgan fingerprint density at radius 1 is 0.735 bits per heavy atom. The minimum absolute atomic E-state index is 0.00277. The van der Waals surface area contributed by atoms with E-state index in [9.17, 15) is 42.7 Å². The number of aromatic carboxylic acids is 2. The van der Waals surface area contributed by atoms with E-state index in [1.165, 1.54) is 12.1 Å². The van der Waals surface area contributed by atoms with Gasteiger partial charge in [0.2, 0.25) is 11.4 Å². The number of halogens is 2. The van der Waals surface area contributed by atoms with Crippen LogP contribution in [-0.4, -0.2) is 77.5 Å². The zero-order valence-corrected chi connectivity index (χ0v) is 28.1. The number of benzene rings is 2. The molecule has 0 radical (unpaired) electrons. The molecule has 0 aliphatic rings. The van der Waals surface area contributed by atoms with Gasteiger partial charge in [0.1, 0.15) is 11.6 Å². The highest BCUT2D eigenvalue weighted by Gasteiger charge is 2.37. The zero-order chi connectivity index (χ0) is 36.8. The molecule has 0 unspecified atom stereocenters. The van der Waals surface area contributed by atoms with Gasteiger partial charge in [-0.25, -0.2) is 46.5 Å². The summed E-state index contributed by atoms with van der Waals surface area (Å²) in [6.07, 6.45) is 0. The Morgan fingerprint density at radius 2 is 1.10 bits per heavy atom. The van der Waals surface area contributed by atoms with Gasteiger partial charge in [-0.3, -0.25) is 9.59 Å². The number of nitrogens with zero attached hydrogens (tertiary/aromatic N) is 6. The predicted octanol–water partition coefficient (Wildman–Crippen LogP) is 1.48. The van der Waals surface area contributed by atoms with Gasteiger partial charge in [-0.15, -0.1) is 0 Å². The van der Waals surface area contributed by atoms with Crippen molar-refractivity contribution in [2.75, 3.05) is 13.2 Å². The smallest absolute Gasteiger partial charge is 0.362 e. The summed E-state index contributed by atoms with van der Waals surface area (Å²) >= 11 is 0. The fraction of sp³-hybridized carbons (Fsp3) is 0.333. The minimum atomic E-state index is -2.08. The van der Waals surface area contributed by atoms with Crippen LogP contribution >= 0.6 is 0 Å². The summed E-state index contributed by atoms with van der Waals surface area (Å²) in [4.78, 5) is 71.7. The van der Waals surface area contributed by atoms with Gasteiger partial charge >= 0.3 is 23.3 Å². The summed E-state index contributed by atoms with van der Waals surface area (Å²) < 4.78 is 34.9. The van der Waals surface area contributed by atoms with E-state index < -0.39 is 72.4 Å². The van der Waals surface area contributed by atoms with Crippen molar-refractivity contribution < 1.29 is 38.1 Å². The molecule has 2 heterocycles. The SMILES string of the molecule is CC(C)(C)[Si](C)(C)OCCn1nc(C(=O)O)c(=O)n(-c2ccc(F)cc2)c1=O.O=C(O)c1nn(CCO)c(=O)n(-c2ccc(F)cc2)c1=O. The van der Waals surface area contributed by atoms with Crippen molar-refractivity contribution in [1.82, 2.24) is 28.7 Å². The van der Waals surface area contributed by atoms with E-state index >= 15 is 0 Å². The van der Waals surface area contributed by atoms with Crippen molar-refractivity contribution >= 4 is 20.3 Å². The van der Waals surface area contributed by atoms with Crippen LogP contribution in [0.3, 0.4) is 0 Å². The summed E-state index contributed by atoms with van der Waals surface area (Å²) in [6.45, 7) is 9.69. The molecule has 0 saturated heterocycles. The molecule has 4 aromatic rings. The van der Waals surface area contributed by atoms with E-state index in [0.29, 0.717) is 13.8 Å². The number of carboxylic acid groups (broad SMARTS) is 2. The third kappa shape index (κ3) is 8.75. The lowest BCUT2D eigenvalue weighted by atomic mass is 10.2. The summed E-state index contributed by atoms with van der Waals surface area (Å²) in [5.74, 6) is -4.29. The highest BCUT2D eigenvalue weighted by molar-refractivity contribution is 6.74. The average Bonchev–Trinajstić information content (AvgIpc) is 3.01. The van der Waals surface area contributed by atoms with Crippen LogP contribution in [0, 0.1) is 11.6 Å². The second kappa shape index (κ2) is 15.2. The summed E-state index contributed by atoms with van der Waals surface area (Å²) in [6, 6.07) is 8.97. The minimum Gasteiger partial charge on any atom is -0.476 e. The topological polar surface area (TPSA) is 218 Å². The number of aliphatic hydroxyl groups excluding tert-OH is 1. The largest absolute Gasteiger partial charge is 0.476 e. The van der Waals surface area contributed by atoms with E-state index in [0.717, 1.165) is 41.1 Å². The van der Waals surface area contributed by atoms with Gasteiger partial charge in [-0.05, 0) is 66.7 Å². The number of carbonyl (C=O) groups is 2. The molecule has 0 spiro atoms. The van der Waals surface area contributed by atoms with Crippen LogP contribution in [-0.2, 0) is 17.5 Å². The molecule has 2 aromatic heterocycles. The molecule has 0 amide bonds. The molecule has 0 fully saturated rings. The normalized spacial score (nSPS) is 11.5. The number of carboxylic acids is 2. The van der Waals surface area contributed by atoms with Crippen molar-refractivity contribution in [1.29, 1.82) is 0 Å². The molecular formula is C30H34F2N6O10Si. The van der Waals surface area contributed by atoms with Gasteiger partial charge < -0.3 is 19.7 Å². The fourth-order valence-electron chi connectivity index (χ4n) is 3.92. The highest BCUT2D eigenvalue weighted by Crippen LogP contribution is 2.36. The predicted molar refractivity (Wildman–Crippen MR) is 172 cm³/mol. The Labute approximate surface area is 276 Å². The highest BCUT2D eigenvalue weighted by atomic mass is 28.4. The van der Waals surface area contributed by atoms with Crippen LogP contribution in [0.25, 0.3) is 11.4 Å². The van der Waals surface area contributed by atoms with Crippen molar-refractivity contribution in [3.05, 3.63) is 113 Å². The lowest BCUT2D eigenvalue weighted by molar-refractivity contribution is 0.0672. The average molecular weight is 705 g/mol. The summed E-state index contributed by atoms with van der Waals surface area (Å²) in [7, 11) is -2.08. The summed E-state index contributed by atoms with van der Waals surface area (Å²) in [5.41, 5.74) is -5.56. The molecule has 4 rings (SSSR count).